The molecule has 0 saturated carbocycles. The lowest BCUT2D eigenvalue weighted by molar-refractivity contribution is -0.139. The van der Waals surface area contributed by atoms with Crippen molar-refractivity contribution in [2.24, 2.45) is 5.73 Å². The van der Waals surface area contributed by atoms with Crippen LogP contribution in [-0.2, 0) is 11.2 Å². The number of benzene rings is 2. The molecule has 0 aromatic heterocycles. The Hall–Kier alpha value is -2.57. The zero-order valence-electron chi connectivity index (χ0n) is 12.9. The zero-order chi connectivity index (χ0) is 18.6. The van der Waals surface area contributed by atoms with Gasteiger partial charge in [0.2, 0.25) is 0 Å². The molecular formula is C17H15Cl2N3O3. The predicted molar refractivity (Wildman–Crippen MR) is 96.5 cm³/mol. The van der Waals surface area contributed by atoms with E-state index in [-0.39, 0.29) is 17.8 Å². The van der Waals surface area contributed by atoms with Crippen LogP contribution in [-0.4, -0.2) is 28.9 Å². The van der Waals surface area contributed by atoms with E-state index in [1.165, 1.54) is 24.3 Å². The second-order valence-electron chi connectivity index (χ2n) is 5.31. The van der Waals surface area contributed by atoms with E-state index in [2.05, 4.69) is 5.32 Å². The maximum absolute atomic E-state index is 12.2. The van der Waals surface area contributed by atoms with Crippen LogP contribution in [0, 0.1) is 5.41 Å². The minimum Gasteiger partial charge on any atom is -0.480 e. The Bertz CT molecular complexity index is 822. The number of nitrogen functional groups attached to an aromatic ring is 1. The molecule has 25 heavy (non-hydrogen) atoms. The van der Waals surface area contributed by atoms with E-state index < -0.39 is 17.9 Å². The van der Waals surface area contributed by atoms with Crippen LogP contribution in [0.4, 0.5) is 0 Å². The molecule has 0 aliphatic carbocycles. The molecule has 0 bridgehead atoms. The van der Waals surface area contributed by atoms with Crippen LogP contribution in [0.2, 0.25) is 10.0 Å². The summed E-state index contributed by atoms with van der Waals surface area (Å²) in [5.41, 5.74) is 6.73. The van der Waals surface area contributed by atoms with Crippen molar-refractivity contribution < 1.29 is 14.7 Å². The normalized spacial score (nSPS) is 11.6. The van der Waals surface area contributed by atoms with Gasteiger partial charge in [-0.2, -0.15) is 0 Å². The first-order valence-corrected chi connectivity index (χ1v) is 7.95. The van der Waals surface area contributed by atoms with Gasteiger partial charge in [0, 0.05) is 17.5 Å². The molecule has 8 heteroatoms. The van der Waals surface area contributed by atoms with Gasteiger partial charge in [0.15, 0.2) is 0 Å². The summed E-state index contributed by atoms with van der Waals surface area (Å²) in [6.07, 6.45) is 0.0590. The minimum atomic E-state index is -1.17. The van der Waals surface area contributed by atoms with E-state index in [9.17, 15) is 14.7 Å². The fourth-order valence-corrected chi connectivity index (χ4v) is 2.47. The van der Waals surface area contributed by atoms with Crippen molar-refractivity contribution in [3.63, 3.8) is 0 Å². The monoisotopic (exact) mass is 379 g/mol. The maximum atomic E-state index is 12.2. The van der Waals surface area contributed by atoms with Crippen LogP contribution in [0.25, 0.3) is 0 Å². The topological polar surface area (TPSA) is 116 Å². The van der Waals surface area contributed by atoms with Crippen LogP contribution in [0.1, 0.15) is 21.5 Å². The van der Waals surface area contributed by atoms with Crippen molar-refractivity contribution in [1.29, 1.82) is 5.41 Å². The number of carboxylic acid groups (broad SMARTS) is 1. The van der Waals surface area contributed by atoms with E-state index in [1.54, 1.807) is 18.2 Å². The first-order chi connectivity index (χ1) is 11.8. The minimum absolute atomic E-state index is 0.0590. The number of nitrogens with one attached hydrogen (secondary N) is 2. The Kier molecular flexibility index (Phi) is 6.01. The first-order valence-electron chi connectivity index (χ1n) is 7.20. The Labute approximate surface area is 154 Å². The summed E-state index contributed by atoms with van der Waals surface area (Å²) in [4.78, 5) is 23.7. The highest BCUT2D eigenvalue weighted by atomic mass is 35.5. The van der Waals surface area contributed by atoms with Crippen LogP contribution in [0.15, 0.2) is 42.5 Å². The van der Waals surface area contributed by atoms with Crippen molar-refractivity contribution in [1.82, 2.24) is 5.32 Å². The van der Waals surface area contributed by atoms with Gasteiger partial charge < -0.3 is 16.2 Å². The number of halogens is 2. The van der Waals surface area contributed by atoms with Gasteiger partial charge in [-0.25, -0.2) is 4.79 Å². The summed E-state index contributed by atoms with van der Waals surface area (Å²) in [6.45, 7) is 0. The van der Waals surface area contributed by atoms with Gasteiger partial charge >= 0.3 is 5.97 Å². The predicted octanol–water partition coefficient (Wildman–Crippen LogP) is 2.70. The van der Waals surface area contributed by atoms with Gasteiger partial charge in [0.1, 0.15) is 11.9 Å². The quantitative estimate of drug-likeness (QED) is 0.455. The summed E-state index contributed by atoms with van der Waals surface area (Å²) in [5.74, 6) is -1.82. The van der Waals surface area contributed by atoms with Gasteiger partial charge in [-0.1, -0.05) is 41.4 Å². The molecule has 0 heterocycles. The molecule has 0 unspecified atom stereocenters. The summed E-state index contributed by atoms with van der Waals surface area (Å²) in [6, 6.07) is 9.65. The number of amidine groups is 1. The molecule has 130 valence electrons. The molecule has 2 aromatic rings. The third-order valence-corrected chi connectivity index (χ3v) is 4.22. The molecule has 2 aromatic carbocycles. The number of carbonyl (C=O) groups excluding carboxylic acids is 1. The summed E-state index contributed by atoms with van der Waals surface area (Å²) >= 11 is 11.8. The number of nitrogens with two attached hydrogens (primary N) is 1. The average molecular weight is 380 g/mol. The van der Waals surface area contributed by atoms with E-state index in [0.717, 1.165) is 0 Å². The highest BCUT2D eigenvalue weighted by molar-refractivity contribution is 6.42. The first kappa shape index (κ1) is 18.8. The van der Waals surface area contributed by atoms with Gasteiger partial charge in [-0.15, -0.1) is 0 Å². The number of carbonyl (C=O) groups is 2. The van der Waals surface area contributed by atoms with Crippen LogP contribution < -0.4 is 11.1 Å². The highest BCUT2D eigenvalue weighted by Gasteiger charge is 2.21. The van der Waals surface area contributed by atoms with Crippen LogP contribution in [0.5, 0.6) is 0 Å². The number of aliphatic carboxylic acids is 1. The molecule has 1 atom stereocenters. The zero-order valence-corrected chi connectivity index (χ0v) is 14.4. The van der Waals surface area contributed by atoms with Crippen molar-refractivity contribution in [3.05, 3.63) is 69.2 Å². The lowest BCUT2D eigenvalue weighted by Gasteiger charge is -2.15. The van der Waals surface area contributed by atoms with Gasteiger partial charge in [0.25, 0.3) is 5.91 Å². The molecule has 0 fully saturated rings. The Morgan fingerprint density at radius 1 is 1.08 bits per heavy atom. The molecule has 2 rings (SSSR count). The molecule has 5 N–H and O–H groups in total. The SMILES string of the molecule is N=C(N)c1ccc(C(=O)N[C@H](Cc2ccc(Cl)c(Cl)c2)C(=O)O)cc1. The van der Waals surface area contributed by atoms with Crippen LogP contribution in [0.3, 0.4) is 0 Å². The molecule has 0 aliphatic heterocycles. The number of carboxylic acids is 1. The summed E-state index contributed by atoms with van der Waals surface area (Å²) in [7, 11) is 0. The summed E-state index contributed by atoms with van der Waals surface area (Å²) < 4.78 is 0. The number of hydrogen-bond acceptors (Lipinski definition) is 3. The Morgan fingerprint density at radius 3 is 2.20 bits per heavy atom. The van der Waals surface area contributed by atoms with Crippen molar-refractivity contribution >= 4 is 40.9 Å². The van der Waals surface area contributed by atoms with Crippen molar-refractivity contribution in [2.75, 3.05) is 0 Å². The van der Waals surface area contributed by atoms with E-state index in [1.807, 2.05) is 0 Å². The largest absolute Gasteiger partial charge is 0.480 e. The molecule has 6 nitrogen and oxygen atoms in total. The molecule has 0 saturated heterocycles. The van der Waals surface area contributed by atoms with Crippen LogP contribution >= 0.6 is 23.2 Å². The number of rotatable bonds is 6. The second kappa shape index (κ2) is 8.00. The molecule has 1 amide bonds. The number of hydrogen-bond donors (Lipinski definition) is 4. The highest BCUT2D eigenvalue weighted by Crippen LogP contribution is 2.23. The lowest BCUT2D eigenvalue weighted by atomic mass is 10.0. The van der Waals surface area contributed by atoms with Gasteiger partial charge in [0.05, 0.1) is 10.0 Å². The molecule has 0 radical (unpaired) electrons. The third kappa shape index (κ3) is 4.95. The molecule has 0 spiro atoms. The Balaban J connectivity index is 2.12. The van der Waals surface area contributed by atoms with E-state index in [0.29, 0.717) is 21.2 Å². The number of amides is 1. The van der Waals surface area contributed by atoms with E-state index in [4.69, 9.17) is 34.3 Å². The Morgan fingerprint density at radius 2 is 1.68 bits per heavy atom. The maximum Gasteiger partial charge on any atom is 0.326 e. The average Bonchev–Trinajstić information content (AvgIpc) is 2.57. The standard InChI is InChI=1S/C17H15Cl2N3O3/c18-12-6-1-9(7-13(12)19)8-14(17(24)25)22-16(23)11-4-2-10(3-5-11)15(20)21/h1-7,14H,8H2,(H3,20,21)(H,22,23)(H,24,25)/t14-/m1/s1. The second-order valence-corrected chi connectivity index (χ2v) is 6.12. The van der Waals surface area contributed by atoms with Crippen molar-refractivity contribution in [2.45, 2.75) is 12.5 Å². The smallest absolute Gasteiger partial charge is 0.326 e. The van der Waals surface area contributed by atoms with Crippen molar-refractivity contribution in [3.8, 4) is 0 Å². The van der Waals surface area contributed by atoms with Gasteiger partial charge in [-0.3, -0.25) is 10.2 Å². The van der Waals surface area contributed by atoms with E-state index >= 15 is 0 Å². The lowest BCUT2D eigenvalue weighted by Crippen LogP contribution is -2.42. The third-order valence-electron chi connectivity index (χ3n) is 3.49. The van der Waals surface area contributed by atoms with Gasteiger partial charge in [-0.05, 0) is 29.8 Å². The fourth-order valence-electron chi connectivity index (χ4n) is 2.15. The molecular weight excluding hydrogens is 365 g/mol. The summed E-state index contributed by atoms with van der Waals surface area (Å²) in [5, 5.41) is 19.8. The fraction of sp³-hybridized carbons (Fsp3) is 0.118. The molecule has 0 aliphatic rings.